The number of rotatable bonds is 7. The highest BCUT2D eigenvalue weighted by Gasteiger charge is 2.51. The molecule has 1 atom stereocenters. The van der Waals surface area contributed by atoms with E-state index in [1.807, 2.05) is 0 Å². The Bertz CT molecular complexity index is 1110. The van der Waals surface area contributed by atoms with Gasteiger partial charge in [-0.2, -0.15) is 0 Å². The van der Waals surface area contributed by atoms with Gasteiger partial charge in [0.2, 0.25) is 0 Å². The topological polar surface area (TPSA) is 138 Å². The molecule has 1 aromatic carbocycles. The summed E-state index contributed by atoms with van der Waals surface area (Å²) in [5.74, 6) is -5.26. The molecule has 202 valence electrons. The number of carbonyl (C=O) groups is 5. The highest BCUT2D eigenvalue weighted by atomic mass is 16.6. The fourth-order valence-corrected chi connectivity index (χ4v) is 3.41. The number of anilines is 2. The Morgan fingerprint density at radius 1 is 0.919 bits per heavy atom. The van der Waals surface area contributed by atoms with E-state index < -0.39 is 47.0 Å². The first-order valence-corrected chi connectivity index (χ1v) is 11.8. The van der Waals surface area contributed by atoms with Crippen molar-refractivity contribution in [2.24, 2.45) is 0 Å². The van der Waals surface area contributed by atoms with Crippen LogP contribution in [-0.2, 0) is 42.9 Å². The maximum Gasteiger partial charge on any atom is 0.397 e. The minimum atomic E-state index is -1.59. The predicted octanol–water partition coefficient (Wildman–Crippen LogP) is 2.88. The molecule has 0 bridgehead atoms. The number of para-hydroxylation sites is 2. The van der Waals surface area contributed by atoms with Crippen molar-refractivity contribution in [3.8, 4) is 0 Å². The van der Waals surface area contributed by atoms with Crippen molar-refractivity contribution >= 4 is 41.1 Å². The number of nitrogens with one attached hydrogen (secondary N) is 1. The van der Waals surface area contributed by atoms with Gasteiger partial charge in [0.15, 0.2) is 11.8 Å². The number of hydrogen-bond acceptors (Lipinski definition) is 9. The average Bonchev–Trinajstić information content (AvgIpc) is 3.04. The largest absolute Gasteiger partial charge is 0.488 e. The molecule has 2 amide bonds. The van der Waals surface area contributed by atoms with Crippen molar-refractivity contribution in [2.45, 2.75) is 72.6 Å². The van der Waals surface area contributed by atoms with Gasteiger partial charge in [0.05, 0.1) is 24.6 Å². The van der Waals surface area contributed by atoms with E-state index in [2.05, 4.69) is 5.32 Å². The maximum absolute atomic E-state index is 13.7. The molecule has 1 heterocycles. The van der Waals surface area contributed by atoms with Gasteiger partial charge in [-0.1, -0.05) is 12.1 Å². The Kier molecular flexibility index (Phi) is 9.08. The Hall–Kier alpha value is -3.89. The molecule has 0 aliphatic carbocycles. The van der Waals surface area contributed by atoms with Gasteiger partial charge in [0.25, 0.3) is 5.91 Å². The van der Waals surface area contributed by atoms with Crippen LogP contribution in [0.1, 0.15) is 55.4 Å². The fraction of sp³-hybridized carbons (Fsp3) is 0.500. The first-order chi connectivity index (χ1) is 17.1. The summed E-state index contributed by atoms with van der Waals surface area (Å²) < 4.78 is 21.3. The highest BCUT2D eigenvalue weighted by molar-refractivity contribution is 6.37. The molecular weight excluding hydrogens is 484 g/mol. The number of hydrogen-bond donors (Lipinski definition) is 1. The summed E-state index contributed by atoms with van der Waals surface area (Å²) in [6.45, 7) is 13.0. The number of nitrogens with zero attached hydrogens (tertiary/aromatic N) is 1. The van der Waals surface area contributed by atoms with Crippen molar-refractivity contribution in [3.05, 3.63) is 35.6 Å². The minimum Gasteiger partial charge on any atom is -0.488 e. The summed E-state index contributed by atoms with van der Waals surface area (Å²) in [6.07, 6.45) is 0. The monoisotopic (exact) mass is 518 g/mol. The van der Waals surface area contributed by atoms with E-state index in [0.717, 1.165) is 4.90 Å². The third-order valence-corrected chi connectivity index (χ3v) is 4.60. The zero-order valence-electron chi connectivity index (χ0n) is 22.4. The second-order valence-corrected chi connectivity index (χ2v) is 9.98. The SMILES string of the molecule is CCOC(=O)C(=O)Nc1ccccc1N1C(=O)C(OCC)=C(C(=O)OC(C)(C)C)C1C(=O)OC(C)(C)C. The molecule has 1 N–H and O–H groups in total. The lowest BCUT2D eigenvalue weighted by Crippen LogP contribution is -2.46. The van der Waals surface area contributed by atoms with Crippen LogP contribution in [0.5, 0.6) is 0 Å². The van der Waals surface area contributed by atoms with Crippen LogP contribution >= 0.6 is 0 Å². The molecule has 0 aromatic heterocycles. The van der Waals surface area contributed by atoms with Gasteiger partial charge in [-0.15, -0.1) is 0 Å². The quantitative estimate of drug-likeness (QED) is 0.328. The van der Waals surface area contributed by atoms with Crippen LogP contribution in [0.2, 0.25) is 0 Å². The molecule has 2 rings (SSSR count). The fourth-order valence-electron chi connectivity index (χ4n) is 3.41. The number of carbonyl (C=O) groups excluding carboxylic acids is 5. The maximum atomic E-state index is 13.7. The molecule has 0 saturated heterocycles. The van der Waals surface area contributed by atoms with Crippen LogP contribution in [0.3, 0.4) is 0 Å². The molecule has 37 heavy (non-hydrogen) atoms. The van der Waals surface area contributed by atoms with Crippen molar-refractivity contribution in [3.63, 3.8) is 0 Å². The van der Waals surface area contributed by atoms with Gasteiger partial charge in [-0.05, 0) is 67.5 Å². The van der Waals surface area contributed by atoms with Crippen molar-refractivity contribution in [2.75, 3.05) is 23.4 Å². The van der Waals surface area contributed by atoms with Crippen LogP contribution in [0.25, 0.3) is 0 Å². The lowest BCUT2D eigenvalue weighted by Gasteiger charge is -2.30. The van der Waals surface area contributed by atoms with Gasteiger partial charge in [0.1, 0.15) is 16.8 Å². The summed E-state index contributed by atoms with van der Waals surface area (Å²) in [4.78, 5) is 65.7. The number of ether oxygens (including phenoxy) is 4. The normalized spacial score (nSPS) is 15.8. The summed E-state index contributed by atoms with van der Waals surface area (Å²) >= 11 is 0. The average molecular weight is 519 g/mol. The van der Waals surface area contributed by atoms with E-state index in [-0.39, 0.29) is 35.9 Å². The zero-order chi connectivity index (χ0) is 28.1. The summed E-state index contributed by atoms with van der Waals surface area (Å²) in [5.41, 5.74) is -2.19. The van der Waals surface area contributed by atoms with Crippen LogP contribution in [-0.4, -0.2) is 60.2 Å². The minimum absolute atomic E-state index is 0.0138. The molecule has 11 nitrogen and oxygen atoms in total. The lowest BCUT2D eigenvalue weighted by molar-refractivity contribution is -0.159. The Labute approximate surface area is 216 Å². The summed E-state index contributed by atoms with van der Waals surface area (Å²) in [6, 6.07) is 4.39. The van der Waals surface area contributed by atoms with Crippen LogP contribution < -0.4 is 10.2 Å². The molecule has 1 aliphatic heterocycles. The third-order valence-electron chi connectivity index (χ3n) is 4.60. The number of esters is 3. The molecule has 0 spiro atoms. The molecule has 1 unspecified atom stereocenters. The summed E-state index contributed by atoms with van der Waals surface area (Å²) in [5, 5.41) is 2.39. The molecule has 11 heteroatoms. The van der Waals surface area contributed by atoms with E-state index in [1.54, 1.807) is 67.5 Å². The smallest absolute Gasteiger partial charge is 0.397 e. The predicted molar refractivity (Wildman–Crippen MR) is 133 cm³/mol. The summed E-state index contributed by atoms with van der Waals surface area (Å²) in [7, 11) is 0. The van der Waals surface area contributed by atoms with E-state index >= 15 is 0 Å². The second kappa shape index (κ2) is 11.4. The van der Waals surface area contributed by atoms with Gasteiger partial charge in [-0.25, -0.2) is 14.4 Å². The van der Waals surface area contributed by atoms with Gasteiger partial charge < -0.3 is 24.3 Å². The number of amides is 2. The molecule has 0 fully saturated rings. The Morgan fingerprint density at radius 2 is 1.51 bits per heavy atom. The van der Waals surface area contributed by atoms with Crippen molar-refractivity contribution in [1.29, 1.82) is 0 Å². The van der Waals surface area contributed by atoms with Gasteiger partial charge in [0, 0.05) is 0 Å². The molecule has 1 aliphatic rings. The second-order valence-electron chi connectivity index (χ2n) is 9.98. The lowest BCUT2D eigenvalue weighted by atomic mass is 10.1. The highest BCUT2D eigenvalue weighted by Crippen LogP contribution is 2.38. The van der Waals surface area contributed by atoms with Gasteiger partial charge in [-0.3, -0.25) is 14.5 Å². The van der Waals surface area contributed by atoms with E-state index in [4.69, 9.17) is 18.9 Å². The van der Waals surface area contributed by atoms with E-state index in [1.165, 1.54) is 12.1 Å². The van der Waals surface area contributed by atoms with Gasteiger partial charge >= 0.3 is 23.8 Å². The van der Waals surface area contributed by atoms with Crippen LogP contribution in [0, 0.1) is 0 Å². The molecule has 0 saturated carbocycles. The van der Waals surface area contributed by atoms with E-state index in [0.29, 0.717) is 0 Å². The van der Waals surface area contributed by atoms with E-state index in [9.17, 15) is 24.0 Å². The van der Waals surface area contributed by atoms with Crippen LogP contribution in [0.4, 0.5) is 11.4 Å². The molecule has 1 aromatic rings. The first kappa shape index (κ1) is 29.3. The van der Waals surface area contributed by atoms with Crippen molar-refractivity contribution in [1.82, 2.24) is 0 Å². The number of benzene rings is 1. The molecule has 0 radical (unpaired) electrons. The Balaban J connectivity index is 2.69. The Morgan fingerprint density at radius 3 is 2.05 bits per heavy atom. The van der Waals surface area contributed by atoms with Crippen molar-refractivity contribution < 1.29 is 42.9 Å². The van der Waals surface area contributed by atoms with Crippen LogP contribution in [0.15, 0.2) is 35.6 Å². The zero-order valence-corrected chi connectivity index (χ0v) is 22.4. The third kappa shape index (κ3) is 7.31. The standard InChI is InChI=1S/C26H34N2O9/c1-9-34-19-17(22(31)36-25(3,4)5)18(23(32)37-26(6,7)8)28(21(19)30)16-14-12-11-13-15(16)27-20(29)24(33)35-10-2/h11-14,18H,9-10H2,1-8H3,(H,27,29). The first-order valence-electron chi connectivity index (χ1n) is 11.8. The molecular formula is C26H34N2O9.